The lowest BCUT2D eigenvalue weighted by molar-refractivity contribution is 0.396. The van der Waals surface area contributed by atoms with Gasteiger partial charge in [0, 0.05) is 44.2 Å². The first-order chi connectivity index (χ1) is 12.7. The number of rotatable bonds is 4. The summed E-state index contributed by atoms with van der Waals surface area (Å²) in [5.74, 6) is 3.88. The fourth-order valence-electron chi connectivity index (χ4n) is 3.93. The molecule has 2 fully saturated rings. The minimum absolute atomic E-state index is 0.396. The summed E-state index contributed by atoms with van der Waals surface area (Å²) in [4.78, 5) is 22.7. The lowest BCUT2D eigenvalue weighted by atomic mass is 9.94. The molecular formula is C19H26N6O. The molecule has 0 amide bonds. The van der Waals surface area contributed by atoms with Crippen LogP contribution < -0.4 is 14.5 Å². The molecule has 7 heteroatoms. The van der Waals surface area contributed by atoms with Crippen molar-refractivity contribution in [2.45, 2.75) is 38.5 Å². The zero-order valence-corrected chi connectivity index (χ0v) is 15.6. The first-order valence-corrected chi connectivity index (χ1v) is 9.44. The van der Waals surface area contributed by atoms with Gasteiger partial charge in [-0.1, -0.05) is 0 Å². The van der Waals surface area contributed by atoms with Gasteiger partial charge in [0.15, 0.2) is 0 Å². The molecule has 2 aliphatic heterocycles. The van der Waals surface area contributed by atoms with Crippen molar-refractivity contribution >= 4 is 11.6 Å². The minimum atomic E-state index is 0.396. The van der Waals surface area contributed by atoms with Crippen LogP contribution in [0, 0.1) is 6.92 Å². The number of aromatic nitrogens is 4. The summed E-state index contributed by atoms with van der Waals surface area (Å²) < 4.78 is 5.24. The Kier molecular flexibility index (Phi) is 4.86. The summed E-state index contributed by atoms with van der Waals surface area (Å²) in [5.41, 5.74) is 1.16. The van der Waals surface area contributed by atoms with Crippen LogP contribution in [0.4, 0.5) is 11.6 Å². The van der Waals surface area contributed by atoms with Gasteiger partial charge in [0.05, 0.1) is 12.8 Å². The number of ether oxygens (including phenoxy) is 1. The van der Waals surface area contributed by atoms with E-state index >= 15 is 0 Å². The number of piperidine rings is 1. The second-order valence-corrected chi connectivity index (χ2v) is 7.10. The topological polar surface area (TPSA) is 67.3 Å². The van der Waals surface area contributed by atoms with Crippen molar-refractivity contribution in [1.82, 2.24) is 19.9 Å². The van der Waals surface area contributed by atoms with Crippen molar-refractivity contribution in [3.63, 3.8) is 0 Å². The maximum atomic E-state index is 5.24. The smallest absolute Gasteiger partial charge is 0.218 e. The Hall–Kier alpha value is -2.44. The monoisotopic (exact) mass is 354 g/mol. The molecule has 0 saturated carbocycles. The SMILES string of the molecule is COc1cc(N2CCC[C@@H](c3cc(N4CCCC4)nc(C)n3)C2)ncn1. The lowest BCUT2D eigenvalue weighted by Crippen LogP contribution is -2.35. The van der Waals surface area contributed by atoms with Crippen LogP contribution in [0.25, 0.3) is 0 Å². The van der Waals surface area contributed by atoms with E-state index in [1.165, 1.54) is 12.8 Å². The summed E-state index contributed by atoms with van der Waals surface area (Å²) in [5, 5.41) is 0. The van der Waals surface area contributed by atoms with E-state index in [-0.39, 0.29) is 0 Å². The standard InChI is InChI=1S/C19H26N6O/c1-14-22-16(10-18(23-14)24-7-3-4-8-24)15-6-5-9-25(12-15)17-11-19(26-2)21-13-20-17/h10-11,13,15H,3-9,12H2,1-2H3/t15-/m1/s1. The molecule has 138 valence electrons. The molecule has 0 unspecified atom stereocenters. The van der Waals surface area contributed by atoms with Gasteiger partial charge in [0.2, 0.25) is 5.88 Å². The van der Waals surface area contributed by atoms with Crippen LogP contribution in [-0.4, -0.2) is 53.2 Å². The number of hydrogen-bond donors (Lipinski definition) is 0. The van der Waals surface area contributed by atoms with Gasteiger partial charge >= 0.3 is 0 Å². The van der Waals surface area contributed by atoms with Crippen molar-refractivity contribution in [3.05, 3.63) is 30.0 Å². The van der Waals surface area contributed by atoms with Gasteiger partial charge in [-0.3, -0.25) is 0 Å². The van der Waals surface area contributed by atoms with E-state index in [0.717, 1.165) is 62.2 Å². The predicted octanol–water partition coefficient (Wildman–Crippen LogP) is 2.57. The first kappa shape index (κ1) is 17.0. The molecule has 26 heavy (non-hydrogen) atoms. The fourth-order valence-corrected chi connectivity index (χ4v) is 3.93. The fraction of sp³-hybridized carbons (Fsp3) is 0.579. The summed E-state index contributed by atoms with van der Waals surface area (Å²) in [6, 6.07) is 4.11. The summed E-state index contributed by atoms with van der Waals surface area (Å²) in [7, 11) is 1.63. The molecule has 2 aromatic rings. The molecule has 1 atom stereocenters. The van der Waals surface area contributed by atoms with Crippen molar-refractivity contribution in [2.75, 3.05) is 43.1 Å². The van der Waals surface area contributed by atoms with Gasteiger partial charge in [0.25, 0.3) is 0 Å². The normalized spacial score (nSPS) is 20.5. The van der Waals surface area contributed by atoms with Crippen LogP contribution in [0.1, 0.15) is 43.1 Å². The molecule has 0 aliphatic carbocycles. The van der Waals surface area contributed by atoms with Crippen LogP contribution in [-0.2, 0) is 0 Å². The van der Waals surface area contributed by atoms with Gasteiger partial charge < -0.3 is 14.5 Å². The first-order valence-electron chi connectivity index (χ1n) is 9.44. The van der Waals surface area contributed by atoms with E-state index in [1.54, 1.807) is 13.4 Å². The average molecular weight is 354 g/mol. The third-order valence-electron chi connectivity index (χ3n) is 5.27. The summed E-state index contributed by atoms with van der Waals surface area (Å²) in [6.07, 6.45) is 6.35. The molecule has 2 aliphatic rings. The Balaban J connectivity index is 1.55. The Bertz CT molecular complexity index is 761. The molecule has 4 heterocycles. The molecule has 0 N–H and O–H groups in total. The van der Waals surface area contributed by atoms with Crippen molar-refractivity contribution in [2.24, 2.45) is 0 Å². The summed E-state index contributed by atoms with van der Waals surface area (Å²) in [6.45, 7) is 6.12. The second-order valence-electron chi connectivity index (χ2n) is 7.10. The van der Waals surface area contributed by atoms with Gasteiger partial charge in [-0.05, 0) is 32.6 Å². The van der Waals surface area contributed by atoms with Gasteiger partial charge in [-0.2, -0.15) is 0 Å². The Labute approximate surface area is 154 Å². The minimum Gasteiger partial charge on any atom is -0.481 e. The molecule has 2 aromatic heterocycles. The molecule has 0 aromatic carbocycles. The van der Waals surface area contributed by atoms with Gasteiger partial charge in [-0.25, -0.2) is 19.9 Å². The highest BCUT2D eigenvalue weighted by Gasteiger charge is 2.25. The highest BCUT2D eigenvalue weighted by molar-refractivity contribution is 5.44. The van der Waals surface area contributed by atoms with E-state index in [1.807, 2.05) is 13.0 Å². The predicted molar refractivity (Wildman–Crippen MR) is 101 cm³/mol. The Morgan fingerprint density at radius 2 is 1.77 bits per heavy atom. The highest BCUT2D eigenvalue weighted by atomic mass is 16.5. The Morgan fingerprint density at radius 1 is 0.962 bits per heavy atom. The number of methoxy groups -OCH3 is 1. The van der Waals surface area contributed by atoms with Gasteiger partial charge in [-0.15, -0.1) is 0 Å². The van der Waals surface area contributed by atoms with Crippen molar-refractivity contribution in [3.8, 4) is 5.88 Å². The van der Waals surface area contributed by atoms with Crippen LogP contribution >= 0.6 is 0 Å². The van der Waals surface area contributed by atoms with Crippen LogP contribution in [0.15, 0.2) is 18.5 Å². The van der Waals surface area contributed by atoms with Crippen LogP contribution in [0.2, 0.25) is 0 Å². The third-order valence-corrected chi connectivity index (χ3v) is 5.27. The molecule has 0 spiro atoms. The molecular weight excluding hydrogens is 328 g/mol. The summed E-state index contributed by atoms with van der Waals surface area (Å²) >= 11 is 0. The number of aryl methyl sites for hydroxylation is 1. The zero-order valence-electron chi connectivity index (χ0n) is 15.6. The van der Waals surface area contributed by atoms with Crippen molar-refractivity contribution in [1.29, 1.82) is 0 Å². The van der Waals surface area contributed by atoms with Crippen LogP contribution in [0.5, 0.6) is 5.88 Å². The average Bonchev–Trinajstić information content (AvgIpc) is 3.23. The Morgan fingerprint density at radius 3 is 2.58 bits per heavy atom. The van der Waals surface area contributed by atoms with E-state index in [4.69, 9.17) is 9.72 Å². The molecule has 0 radical (unpaired) electrons. The quantitative estimate of drug-likeness (QED) is 0.836. The zero-order chi connectivity index (χ0) is 17.9. The second kappa shape index (κ2) is 7.43. The molecule has 7 nitrogen and oxygen atoms in total. The number of hydrogen-bond acceptors (Lipinski definition) is 7. The molecule has 2 saturated heterocycles. The van der Waals surface area contributed by atoms with Crippen LogP contribution in [0.3, 0.4) is 0 Å². The molecule has 4 rings (SSSR count). The highest BCUT2D eigenvalue weighted by Crippen LogP contribution is 2.31. The maximum absolute atomic E-state index is 5.24. The number of anilines is 2. The molecule has 0 bridgehead atoms. The lowest BCUT2D eigenvalue weighted by Gasteiger charge is -2.33. The van der Waals surface area contributed by atoms with Gasteiger partial charge in [0.1, 0.15) is 23.8 Å². The van der Waals surface area contributed by atoms with Crippen molar-refractivity contribution < 1.29 is 4.74 Å². The number of nitrogens with zero attached hydrogens (tertiary/aromatic N) is 6. The van der Waals surface area contributed by atoms with E-state index in [2.05, 4.69) is 30.8 Å². The van der Waals surface area contributed by atoms with E-state index < -0.39 is 0 Å². The maximum Gasteiger partial charge on any atom is 0.218 e. The largest absolute Gasteiger partial charge is 0.481 e. The third kappa shape index (κ3) is 3.57. The van der Waals surface area contributed by atoms with E-state index in [0.29, 0.717) is 11.8 Å². The van der Waals surface area contributed by atoms with E-state index in [9.17, 15) is 0 Å².